The fourth-order valence-electron chi connectivity index (χ4n) is 1.93. The van der Waals surface area contributed by atoms with E-state index in [1.165, 1.54) is 0 Å². The Hall–Kier alpha value is -2.33. The molecule has 2 aromatic rings. The summed E-state index contributed by atoms with van der Waals surface area (Å²) in [6.45, 7) is 0.0605. The number of hydrogen-bond donors (Lipinski definition) is 2. The Balaban J connectivity index is 2.40. The molecule has 2 N–H and O–H groups in total. The predicted octanol–water partition coefficient (Wildman–Crippen LogP) is 2.08. The van der Waals surface area contributed by atoms with Crippen molar-refractivity contribution in [1.29, 1.82) is 0 Å². The summed E-state index contributed by atoms with van der Waals surface area (Å²) in [4.78, 5) is 11.8. The fraction of sp³-hybridized carbons (Fsp3) is 0.188. The van der Waals surface area contributed by atoms with Gasteiger partial charge in [-0.3, -0.25) is 4.79 Å². The maximum Gasteiger partial charge on any atom is 0.254 e. The minimum Gasteiger partial charge on any atom is -0.490 e. The van der Waals surface area contributed by atoms with Crippen LogP contribution in [0.25, 0.3) is 11.1 Å². The highest BCUT2D eigenvalue weighted by Gasteiger charge is 2.12. The Kier molecular flexibility index (Phi) is 4.74. The maximum atomic E-state index is 11.8. The molecule has 0 atom stereocenters. The first kappa shape index (κ1) is 14.1. The van der Waals surface area contributed by atoms with Gasteiger partial charge in [0.15, 0.2) is 0 Å². The molecule has 20 heavy (non-hydrogen) atoms. The molecule has 0 saturated heterocycles. The van der Waals surface area contributed by atoms with Crippen molar-refractivity contribution in [1.82, 2.24) is 5.32 Å². The van der Waals surface area contributed by atoms with Crippen LogP contribution in [0.15, 0.2) is 48.5 Å². The van der Waals surface area contributed by atoms with Crippen LogP contribution < -0.4 is 10.1 Å². The molecule has 4 nitrogen and oxygen atoms in total. The third-order valence-corrected chi connectivity index (χ3v) is 2.91. The van der Waals surface area contributed by atoms with Crippen LogP contribution in [0.2, 0.25) is 0 Å². The third-order valence-electron chi connectivity index (χ3n) is 2.91. The lowest BCUT2D eigenvalue weighted by Crippen LogP contribution is -2.19. The van der Waals surface area contributed by atoms with E-state index in [-0.39, 0.29) is 19.1 Å². The number of hydrogen-bond acceptors (Lipinski definition) is 3. The molecule has 2 rings (SSSR count). The molecule has 1 amide bonds. The molecule has 0 aliphatic rings. The molecule has 0 saturated carbocycles. The number of aliphatic hydroxyl groups excluding tert-OH is 1. The minimum atomic E-state index is -0.211. The van der Waals surface area contributed by atoms with Gasteiger partial charge < -0.3 is 15.2 Å². The van der Waals surface area contributed by atoms with E-state index in [2.05, 4.69) is 5.32 Å². The summed E-state index contributed by atoms with van der Waals surface area (Å²) in [7, 11) is 1.57. The van der Waals surface area contributed by atoms with Gasteiger partial charge in [-0.1, -0.05) is 36.4 Å². The Morgan fingerprint density at radius 3 is 2.55 bits per heavy atom. The number of carbonyl (C=O) groups excluding carboxylic acids is 1. The van der Waals surface area contributed by atoms with Crippen molar-refractivity contribution < 1.29 is 14.6 Å². The molecule has 0 aromatic heterocycles. The lowest BCUT2D eigenvalue weighted by molar-refractivity contribution is 0.0957. The van der Waals surface area contributed by atoms with Crippen LogP contribution in [0.5, 0.6) is 5.75 Å². The van der Waals surface area contributed by atoms with Crippen LogP contribution in [-0.2, 0) is 0 Å². The van der Waals surface area contributed by atoms with Crippen molar-refractivity contribution in [3.8, 4) is 16.9 Å². The second-order valence-electron chi connectivity index (χ2n) is 4.23. The molecule has 0 fully saturated rings. The number of rotatable bonds is 5. The number of ether oxygens (including phenoxy) is 1. The molecule has 0 aliphatic heterocycles. The quantitative estimate of drug-likeness (QED) is 0.875. The first-order valence-electron chi connectivity index (χ1n) is 6.41. The normalized spacial score (nSPS) is 10.1. The SMILES string of the molecule is CNC(=O)c1ccc(-c2ccccc2)cc1OCCO. The zero-order chi connectivity index (χ0) is 14.4. The van der Waals surface area contributed by atoms with Crippen LogP contribution in [0.1, 0.15) is 10.4 Å². The van der Waals surface area contributed by atoms with Gasteiger partial charge in [0, 0.05) is 7.05 Å². The first-order chi connectivity index (χ1) is 9.76. The smallest absolute Gasteiger partial charge is 0.254 e. The average Bonchev–Trinajstić information content (AvgIpc) is 2.52. The van der Waals surface area contributed by atoms with Gasteiger partial charge in [-0.2, -0.15) is 0 Å². The molecule has 104 valence electrons. The van der Waals surface area contributed by atoms with Gasteiger partial charge in [0.05, 0.1) is 12.2 Å². The average molecular weight is 271 g/mol. The summed E-state index contributed by atoms with van der Waals surface area (Å²) in [6, 6.07) is 15.3. The van der Waals surface area contributed by atoms with E-state index in [0.29, 0.717) is 11.3 Å². The van der Waals surface area contributed by atoms with E-state index in [9.17, 15) is 4.79 Å². The van der Waals surface area contributed by atoms with Crippen LogP contribution in [0.4, 0.5) is 0 Å². The fourth-order valence-corrected chi connectivity index (χ4v) is 1.93. The van der Waals surface area contributed by atoms with Gasteiger partial charge in [0.1, 0.15) is 12.4 Å². The van der Waals surface area contributed by atoms with E-state index in [1.54, 1.807) is 13.1 Å². The Morgan fingerprint density at radius 2 is 1.90 bits per heavy atom. The highest BCUT2D eigenvalue weighted by atomic mass is 16.5. The van der Waals surface area contributed by atoms with Crippen molar-refractivity contribution in [3.63, 3.8) is 0 Å². The summed E-state index contributed by atoms with van der Waals surface area (Å²) in [6.07, 6.45) is 0. The van der Waals surface area contributed by atoms with Gasteiger partial charge in [0.2, 0.25) is 0 Å². The van der Waals surface area contributed by atoms with Crippen molar-refractivity contribution >= 4 is 5.91 Å². The number of nitrogens with one attached hydrogen (secondary N) is 1. The Morgan fingerprint density at radius 1 is 1.15 bits per heavy atom. The zero-order valence-electron chi connectivity index (χ0n) is 11.3. The largest absolute Gasteiger partial charge is 0.490 e. The summed E-state index contributed by atoms with van der Waals surface area (Å²) in [5.74, 6) is 0.261. The van der Waals surface area contributed by atoms with E-state index < -0.39 is 0 Å². The van der Waals surface area contributed by atoms with Crippen molar-refractivity contribution in [2.24, 2.45) is 0 Å². The van der Waals surface area contributed by atoms with Crippen LogP contribution >= 0.6 is 0 Å². The summed E-state index contributed by atoms with van der Waals surface area (Å²) >= 11 is 0. The molecule has 0 radical (unpaired) electrons. The van der Waals surface area contributed by atoms with E-state index in [1.807, 2.05) is 42.5 Å². The molecule has 0 spiro atoms. The number of amides is 1. The first-order valence-corrected chi connectivity index (χ1v) is 6.41. The lowest BCUT2D eigenvalue weighted by atomic mass is 10.0. The molecule has 4 heteroatoms. The van der Waals surface area contributed by atoms with E-state index in [0.717, 1.165) is 11.1 Å². The zero-order valence-corrected chi connectivity index (χ0v) is 11.3. The highest BCUT2D eigenvalue weighted by molar-refractivity contribution is 5.97. The molecular weight excluding hydrogens is 254 g/mol. The van der Waals surface area contributed by atoms with Crippen LogP contribution in [0.3, 0.4) is 0 Å². The van der Waals surface area contributed by atoms with E-state index >= 15 is 0 Å². The minimum absolute atomic E-state index is 0.0945. The Labute approximate surface area is 118 Å². The molecule has 0 unspecified atom stereocenters. The number of aliphatic hydroxyl groups is 1. The summed E-state index contributed by atoms with van der Waals surface area (Å²) in [5.41, 5.74) is 2.47. The second kappa shape index (κ2) is 6.73. The molecule has 0 heterocycles. The van der Waals surface area contributed by atoms with Crippen LogP contribution in [0, 0.1) is 0 Å². The summed E-state index contributed by atoms with van der Waals surface area (Å²) < 4.78 is 5.46. The van der Waals surface area contributed by atoms with Gasteiger partial charge in [-0.25, -0.2) is 0 Å². The molecular formula is C16H17NO3. The van der Waals surface area contributed by atoms with E-state index in [4.69, 9.17) is 9.84 Å². The maximum absolute atomic E-state index is 11.8. The van der Waals surface area contributed by atoms with Crippen molar-refractivity contribution in [3.05, 3.63) is 54.1 Å². The summed E-state index contributed by atoms with van der Waals surface area (Å²) in [5, 5.41) is 11.5. The monoisotopic (exact) mass is 271 g/mol. The standard InChI is InChI=1S/C16H17NO3/c1-17-16(19)14-8-7-13(11-15(14)20-10-9-18)12-5-3-2-4-6-12/h2-8,11,18H,9-10H2,1H3,(H,17,19). The molecule has 0 aliphatic carbocycles. The van der Waals surface area contributed by atoms with Gasteiger partial charge >= 0.3 is 0 Å². The van der Waals surface area contributed by atoms with Crippen molar-refractivity contribution in [2.45, 2.75) is 0 Å². The predicted molar refractivity (Wildman–Crippen MR) is 77.8 cm³/mol. The van der Waals surface area contributed by atoms with Gasteiger partial charge in [0.25, 0.3) is 5.91 Å². The number of benzene rings is 2. The number of carbonyl (C=O) groups is 1. The second-order valence-corrected chi connectivity index (χ2v) is 4.23. The highest BCUT2D eigenvalue weighted by Crippen LogP contribution is 2.27. The van der Waals surface area contributed by atoms with Gasteiger partial charge in [-0.15, -0.1) is 0 Å². The van der Waals surface area contributed by atoms with Gasteiger partial charge in [-0.05, 0) is 23.3 Å². The third kappa shape index (κ3) is 3.16. The molecule has 2 aromatic carbocycles. The topological polar surface area (TPSA) is 58.6 Å². The lowest BCUT2D eigenvalue weighted by Gasteiger charge is -2.12. The van der Waals surface area contributed by atoms with Crippen molar-refractivity contribution in [2.75, 3.05) is 20.3 Å². The molecule has 0 bridgehead atoms. The Bertz CT molecular complexity index is 582. The van der Waals surface area contributed by atoms with Crippen LogP contribution in [-0.4, -0.2) is 31.3 Å².